The average Bonchev–Trinajstić information content (AvgIpc) is 3.09. The third-order valence-corrected chi connectivity index (χ3v) is 4.19. The largest absolute Gasteiger partial charge is 0.352 e. The summed E-state index contributed by atoms with van der Waals surface area (Å²) in [6.45, 7) is 3.39. The topological polar surface area (TPSA) is 58.3 Å². The summed E-state index contributed by atoms with van der Waals surface area (Å²) in [4.78, 5) is 15.3. The normalized spacial score (nSPS) is 11.4. The quantitative estimate of drug-likeness (QED) is 0.569. The maximum Gasteiger partial charge on any atom is 0.193 e. The van der Waals surface area contributed by atoms with Crippen molar-refractivity contribution in [3.8, 4) is 5.82 Å². The SMILES string of the molecule is CN=C(NCc1cccnc1-n1ccnc1C)N(C)Cc1ccccc1. The summed E-state index contributed by atoms with van der Waals surface area (Å²) in [6.07, 6.45) is 5.51. The molecule has 0 aliphatic heterocycles. The molecule has 2 heterocycles. The highest BCUT2D eigenvalue weighted by Gasteiger charge is 2.11. The van der Waals surface area contributed by atoms with E-state index in [1.807, 2.05) is 36.9 Å². The van der Waals surface area contributed by atoms with Gasteiger partial charge < -0.3 is 10.2 Å². The van der Waals surface area contributed by atoms with Gasteiger partial charge in [0.25, 0.3) is 0 Å². The van der Waals surface area contributed by atoms with Gasteiger partial charge in [0.2, 0.25) is 0 Å². The van der Waals surface area contributed by atoms with E-state index in [-0.39, 0.29) is 0 Å². The standard InChI is InChI=1S/C20H24N6/c1-16-22-12-13-26(16)19-18(10-7-11-23-19)14-24-20(21-2)25(3)15-17-8-5-4-6-9-17/h4-13H,14-15H2,1-3H3,(H,21,24). The van der Waals surface area contributed by atoms with E-state index in [2.05, 4.69) is 55.5 Å². The van der Waals surface area contributed by atoms with Crippen molar-refractivity contribution in [1.82, 2.24) is 24.8 Å². The lowest BCUT2D eigenvalue weighted by Crippen LogP contribution is -2.38. The van der Waals surface area contributed by atoms with Crippen LogP contribution in [0.4, 0.5) is 0 Å². The van der Waals surface area contributed by atoms with Crippen molar-refractivity contribution in [1.29, 1.82) is 0 Å². The Labute approximate surface area is 154 Å². The van der Waals surface area contributed by atoms with Gasteiger partial charge >= 0.3 is 0 Å². The Morgan fingerprint density at radius 3 is 2.62 bits per heavy atom. The number of imidazole rings is 1. The van der Waals surface area contributed by atoms with E-state index in [1.165, 1.54) is 5.56 Å². The van der Waals surface area contributed by atoms with Crippen molar-refractivity contribution in [2.45, 2.75) is 20.0 Å². The molecule has 0 spiro atoms. The number of aliphatic imine (C=N–C) groups is 1. The van der Waals surface area contributed by atoms with E-state index in [1.54, 1.807) is 19.4 Å². The average molecular weight is 348 g/mol. The first-order chi connectivity index (χ1) is 12.7. The van der Waals surface area contributed by atoms with Gasteiger partial charge in [-0.2, -0.15) is 0 Å². The smallest absolute Gasteiger partial charge is 0.193 e. The van der Waals surface area contributed by atoms with Crippen LogP contribution in [0.1, 0.15) is 17.0 Å². The van der Waals surface area contributed by atoms with Crippen LogP contribution < -0.4 is 5.32 Å². The summed E-state index contributed by atoms with van der Waals surface area (Å²) in [5.41, 5.74) is 2.33. The van der Waals surface area contributed by atoms with Gasteiger partial charge in [-0.15, -0.1) is 0 Å². The summed E-state index contributed by atoms with van der Waals surface area (Å²) in [7, 11) is 3.83. The van der Waals surface area contributed by atoms with E-state index in [9.17, 15) is 0 Å². The summed E-state index contributed by atoms with van der Waals surface area (Å²) in [5, 5.41) is 3.43. The highest BCUT2D eigenvalue weighted by molar-refractivity contribution is 5.79. The van der Waals surface area contributed by atoms with Gasteiger partial charge in [0.05, 0.1) is 0 Å². The predicted octanol–water partition coefficient (Wildman–Crippen LogP) is 2.78. The Hall–Kier alpha value is -3.15. The number of nitrogens with one attached hydrogen (secondary N) is 1. The monoisotopic (exact) mass is 348 g/mol. The molecule has 6 nitrogen and oxygen atoms in total. The van der Waals surface area contributed by atoms with Gasteiger partial charge in [-0.25, -0.2) is 9.97 Å². The van der Waals surface area contributed by atoms with Crippen molar-refractivity contribution in [2.24, 2.45) is 4.99 Å². The molecular formula is C20H24N6. The second-order valence-electron chi connectivity index (χ2n) is 6.07. The Bertz CT molecular complexity index is 869. The first-order valence-electron chi connectivity index (χ1n) is 8.59. The lowest BCUT2D eigenvalue weighted by atomic mass is 10.2. The fraction of sp³-hybridized carbons (Fsp3) is 0.250. The Kier molecular flexibility index (Phi) is 5.63. The lowest BCUT2D eigenvalue weighted by molar-refractivity contribution is 0.476. The van der Waals surface area contributed by atoms with Crippen LogP contribution in [0.5, 0.6) is 0 Å². The summed E-state index contributed by atoms with van der Waals surface area (Å²) in [6, 6.07) is 14.4. The number of aromatic nitrogens is 3. The summed E-state index contributed by atoms with van der Waals surface area (Å²) < 4.78 is 1.99. The molecule has 2 aromatic heterocycles. The van der Waals surface area contributed by atoms with Gasteiger partial charge in [-0.05, 0) is 18.6 Å². The van der Waals surface area contributed by atoms with Crippen LogP contribution >= 0.6 is 0 Å². The maximum atomic E-state index is 4.53. The molecule has 0 saturated heterocycles. The molecular weight excluding hydrogens is 324 g/mol. The predicted molar refractivity (Wildman–Crippen MR) is 104 cm³/mol. The molecule has 0 bridgehead atoms. The second-order valence-corrected chi connectivity index (χ2v) is 6.07. The van der Waals surface area contributed by atoms with Crippen LogP contribution in [-0.4, -0.2) is 39.5 Å². The van der Waals surface area contributed by atoms with E-state index in [4.69, 9.17) is 0 Å². The molecule has 0 fully saturated rings. The van der Waals surface area contributed by atoms with Crippen molar-refractivity contribution in [3.05, 3.63) is 78.0 Å². The van der Waals surface area contributed by atoms with Gasteiger partial charge in [-0.3, -0.25) is 9.56 Å². The van der Waals surface area contributed by atoms with Crippen LogP contribution in [0.25, 0.3) is 5.82 Å². The molecule has 0 amide bonds. The van der Waals surface area contributed by atoms with E-state index in [0.717, 1.165) is 29.7 Å². The summed E-state index contributed by atoms with van der Waals surface area (Å²) >= 11 is 0. The number of hydrogen-bond donors (Lipinski definition) is 1. The zero-order chi connectivity index (χ0) is 18.4. The summed E-state index contributed by atoms with van der Waals surface area (Å²) in [5.74, 6) is 2.64. The molecule has 26 heavy (non-hydrogen) atoms. The van der Waals surface area contributed by atoms with Crippen molar-refractivity contribution in [3.63, 3.8) is 0 Å². The first-order valence-corrected chi connectivity index (χ1v) is 8.59. The Balaban J connectivity index is 1.71. The zero-order valence-corrected chi connectivity index (χ0v) is 15.4. The molecule has 1 aromatic carbocycles. The Morgan fingerprint density at radius 2 is 1.92 bits per heavy atom. The molecule has 134 valence electrons. The maximum absolute atomic E-state index is 4.53. The van der Waals surface area contributed by atoms with Crippen LogP contribution in [0.2, 0.25) is 0 Å². The van der Waals surface area contributed by atoms with Gasteiger partial charge in [0.15, 0.2) is 5.96 Å². The number of benzene rings is 1. The van der Waals surface area contributed by atoms with Gasteiger partial charge in [0, 0.05) is 51.3 Å². The fourth-order valence-corrected chi connectivity index (χ4v) is 2.88. The van der Waals surface area contributed by atoms with Crippen molar-refractivity contribution >= 4 is 5.96 Å². The zero-order valence-electron chi connectivity index (χ0n) is 15.4. The molecule has 3 rings (SSSR count). The van der Waals surface area contributed by atoms with Crippen molar-refractivity contribution in [2.75, 3.05) is 14.1 Å². The molecule has 0 saturated carbocycles. The van der Waals surface area contributed by atoms with Gasteiger partial charge in [0.1, 0.15) is 11.6 Å². The number of aryl methyl sites for hydroxylation is 1. The second kappa shape index (κ2) is 8.29. The van der Waals surface area contributed by atoms with E-state index >= 15 is 0 Å². The molecule has 0 aliphatic carbocycles. The Morgan fingerprint density at radius 1 is 1.12 bits per heavy atom. The number of nitrogens with zero attached hydrogens (tertiary/aromatic N) is 5. The molecule has 0 atom stereocenters. The molecule has 0 unspecified atom stereocenters. The molecule has 0 radical (unpaired) electrons. The third-order valence-electron chi connectivity index (χ3n) is 4.19. The van der Waals surface area contributed by atoms with Crippen molar-refractivity contribution < 1.29 is 0 Å². The molecule has 1 N–H and O–H groups in total. The molecule has 6 heteroatoms. The molecule has 0 aliphatic rings. The number of hydrogen-bond acceptors (Lipinski definition) is 3. The highest BCUT2D eigenvalue weighted by atomic mass is 15.3. The fourth-order valence-electron chi connectivity index (χ4n) is 2.88. The first kappa shape index (κ1) is 17.7. The highest BCUT2D eigenvalue weighted by Crippen LogP contribution is 2.13. The third kappa shape index (κ3) is 4.08. The number of guanidine groups is 1. The minimum Gasteiger partial charge on any atom is -0.352 e. The molecule has 3 aromatic rings. The number of pyridine rings is 1. The van der Waals surface area contributed by atoms with Gasteiger partial charge in [-0.1, -0.05) is 36.4 Å². The lowest BCUT2D eigenvalue weighted by Gasteiger charge is -2.22. The van der Waals surface area contributed by atoms with Crippen LogP contribution in [0.3, 0.4) is 0 Å². The van der Waals surface area contributed by atoms with Crippen LogP contribution in [0, 0.1) is 6.92 Å². The van der Waals surface area contributed by atoms with Crippen LogP contribution in [0.15, 0.2) is 66.0 Å². The number of rotatable bonds is 5. The minimum absolute atomic E-state index is 0.632. The van der Waals surface area contributed by atoms with E-state index in [0.29, 0.717) is 6.54 Å². The minimum atomic E-state index is 0.632. The van der Waals surface area contributed by atoms with E-state index < -0.39 is 0 Å². The van der Waals surface area contributed by atoms with Crippen LogP contribution in [-0.2, 0) is 13.1 Å².